The molecule has 0 amide bonds. The van der Waals surface area contributed by atoms with Crippen LogP contribution in [0.3, 0.4) is 0 Å². The van der Waals surface area contributed by atoms with Crippen LogP contribution in [0.15, 0.2) is 0 Å². The lowest BCUT2D eigenvalue weighted by molar-refractivity contribution is -0.202. The topological polar surface area (TPSA) is 20.2 Å². The Kier molecular flexibility index (Phi) is 3.11. The van der Waals surface area contributed by atoms with E-state index in [1.165, 1.54) is 0 Å². The quantitative estimate of drug-likeness (QED) is 0.617. The van der Waals surface area contributed by atoms with Gasteiger partial charge in [0.05, 0.1) is 0 Å². The summed E-state index contributed by atoms with van der Waals surface area (Å²) in [7, 11) is 0. The van der Waals surface area contributed by atoms with E-state index in [4.69, 9.17) is 39.9 Å². The average Bonchev–Trinajstić information content (AvgIpc) is 1.59. The summed E-state index contributed by atoms with van der Waals surface area (Å²) < 4.78 is 31.6. The smallest absolute Gasteiger partial charge is 0.380 e. The molecule has 0 aromatic heterocycles. The number of alkyl halides is 6. The van der Waals surface area contributed by atoms with Crippen LogP contribution in [0.1, 0.15) is 0 Å². The minimum Gasteiger partial charge on any atom is -0.380 e. The Hall–Kier alpha value is 0.620. The number of hydrogen-bond acceptors (Lipinski definition) is 1. The maximum absolute atomic E-state index is 11.4. The molecule has 62 valence electrons. The highest BCUT2D eigenvalue weighted by Crippen LogP contribution is 2.38. The predicted octanol–water partition coefficient (Wildman–Crippen LogP) is 2.28. The number of halogens is 6. The summed E-state index contributed by atoms with van der Waals surface area (Å²) in [4.78, 5) is 0. The molecule has 0 aromatic carbocycles. The third-order valence-electron chi connectivity index (χ3n) is 0.620. The maximum Gasteiger partial charge on any atom is 0.418 e. The van der Waals surface area contributed by atoms with Crippen LogP contribution in [0, 0.1) is 0 Å². The van der Waals surface area contributed by atoms with Crippen molar-refractivity contribution in [3.05, 3.63) is 0 Å². The van der Waals surface area contributed by atoms with E-state index < -0.39 is 16.1 Å². The fourth-order valence-corrected chi connectivity index (χ4v) is 0.557. The Morgan fingerprint density at radius 3 is 1.40 bits per heavy atom. The first-order chi connectivity index (χ1) is 4.15. The molecule has 1 atom stereocenters. The summed E-state index contributed by atoms with van der Waals surface area (Å²) >= 11 is 14.2. The Morgan fingerprint density at radius 2 is 1.40 bits per heavy atom. The first-order valence-corrected chi connectivity index (χ1v) is 3.10. The van der Waals surface area contributed by atoms with Gasteiger partial charge in [0.1, 0.15) is 0 Å². The van der Waals surface area contributed by atoms with Gasteiger partial charge in [0, 0.05) is 0 Å². The van der Waals surface area contributed by atoms with E-state index in [1.54, 1.807) is 0 Å². The zero-order chi connectivity index (χ0) is 8.58. The van der Waals surface area contributed by atoms with Crippen molar-refractivity contribution in [3.63, 3.8) is 0 Å². The van der Waals surface area contributed by atoms with Crippen LogP contribution in [-0.2, 0) is 0 Å². The van der Waals surface area contributed by atoms with Crippen LogP contribution in [0.5, 0.6) is 0 Å². The van der Waals surface area contributed by atoms with E-state index in [0.29, 0.717) is 0 Å². The molecule has 0 saturated carbocycles. The molecule has 0 unspecified atom stereocenters. The van der Waals surface area contributed by atoms with Crippen molar-refractivity contribution in [2.45, 2.75) is 16.1 Å². The van der Waals surface area contributed by atoms with Crippen molar-refractivity contribution < 1.29 is 18.3 Å². The summed E-state index contributed by atoms with van der Waals surface area (Å²) in [6, 6.07) is 0. The largest absolute Gasteiger partial charge is 0.418 e. The number of hydrogen-bond donors (Lipinski definition) is 1. The van der Waals surface area contributed by atoms with Gasteiger partial charge in [-0.25, -0.2) is 0 Å². The minimum atomic E-state index is -4.90. The van der Waals surface area contributed by atoms with E-state index in [1.807, 2.05) is 0 Å². The molecule has 0 rings (SSSR count). The third kappa shape index (κ3) is 3.14. The average molecular weight is 217 g/mol. The molecule has 0 radical (unpaired) electrons. The third-order valence-corrected chi connectivity index (χ3v) is 1.24. The molecule has 0 fully saturated rings. The van der Waals surface area contributed by atoms with Crippen molar-refractivity contribution in [2.24, 2.45) is 0 Å². The van der Waals surface area contributed by atoms with E-state index in [-0.39, 0.29) is 0 Å². The standard InChI is InChI=1S/C3H2Cl3F3O/c4-2(5,6)1(10)3(7,8)9/h1,10H/t1-/m0/s1. The lowest BCUT2D eigenvalue weighted by Gasteiger charge is -2.20. The minimum absolute atomic E-state index is 2.71. The van der Waals surface area contributed by atoms with Crippen molar-refractivity contribution in [1.82, 2.24) is 0 Å². The van der Waals surface area contributed by atoms with Crippen LogP contribution in [-0.4, -0.2) is 21.2 Å². The van der Waals surface area contributed by atoms with E-state index in [9.17, 15) is 13.2 Å². The van der Waals surface area contributed by atoms with Gasteiger partial charge in [-0.15, -0.1) is 0 Å². The summed E-state index contributed by atoms with van der Waals surface area (Å²) in [5.74, 6) is 0. The lowest BCUT2D eigenvalue weighted by Crippen LogP contribution is -2.39. The Bertz CT molecular complexity index is 103. The van der Waals surface area contributed by atoms with Crippen LogP contribution < -0.4 is 0 Å². The van der Waals surface area contributed by atoms with Gasteiger partial charge in [0.25, 0.3) is 0 Å². The zero-order valence-electron chi connectivity index (χ0n) is 4.29. The fourth-order valence-electron chi connectivity index (χ4n) is 0.186. The second-order valence-electron chi connectivity index (χ2n) is 1.49. The van der Waals surface area contributed by atoms with Gasteiger partial charge in [-0.2, -0.15) is 13.2 Å². The van der Waals surface area contributed by atoms with Crippen LogP contribution in [0.2, 0.25) is 0 Å². The van der Waals surface area contributed by atoms with Crippen molar-refractivity contribution in [2.75, 3.05) is 0 Å². The van der Waals surface area contributed by atoms with Gasteiger partial charge in [-0.3, -0.25) is 0 Å². The number of aliphatic hydroxyl groups is 1. The number of aliphatic hydroxyl groups excluding tert-OH is 1. The van der Waals surface area contributed by atoms with E-state index in [0.717, 1.165) is 0 Å². The van der Waals surface area contributed by atoms with Gasteiger partial charge in [0.15, 0.2) is 6.10 Å². The summed E-state index contributed by atoms with van der Waals surface area (Å²) in [6.07, 6.45) is -7.84. The van der Waals surface area contributed by atoms with Crippen LogP contribution in [0.4, 0.5) is 13.2 Å². The Labute approximate surface area is 69.7 Å². The molecule has 0 aliphatic heterocycles. The molecule has 0 aliphatic carbocycles. The second kappa shape index (κ2) is 2.93. The molecule has 0 heterocycles. The van der Waals surface area contributed by atoms with Gasteiger partial charge in [-0.1, -0.05) is 34.8 Å². The molecule has 0 saturated heterocycles. The van der Waals surface area contributed by atoms with Crippen molar-refractivity contribution >= 4 is 34.8 Å². The molecule has 10 heavy (non-hydrogen) atoms. The Balaban J connectivity index is 4.23. The highest BCUT2D eigenvalue weighted by molar-refractivity contribution is 6.68. The molecule has 0 spiro atoms. The zero-order valence-corrected chi connectivity index (χ0v) is 6.56. The molecule has 0 bridgehead atoms. The normalized spacial score (nSPS) is 17.1. The van der Waals surface area contributed by atoms with Gasteiger partial charge < -0.3 is 5.11 Å². The monoisotopic (exact) mass is 216 g/mol. The van der Waals surface area contributed by atoms with Gasteiger partial charge in [0.2, 0.25) is 3.79 Å². The van der Waals surface area contributed by atoms with Gasteiger partial charge in [-0.05, 0) is 0 Å². The molecule has 0 aromatic rings. The number of rotatable bonds is 0. The lowest BCUT2D eigenvalue weighted by atomic mass is 10.4. The highest BCUT2D eigenvalue weighted by Gasteiger charge is 2.50. The summed E-state index contributed by atoms with van der Waals surface area (Å²) in [6.45, 7) is 0. The first kappa shape index (κ1) is 10.6. The first-order valence-electron chi connectivity index (χ1n) is 1.97. The molecule has 0 aliphatic rings. The fraction of sp³-hybridized carbons (Fsp3) is 1.00. The van der Waals surface area contributed by atoms with Gasteiger partial charge >= 0.3 is 6.18 Å². The SMILES string of the molecule is O[C@H](C(F)(F)F)C(Cl)(Cl)Cl. The van der Waals surface area contributed by atoms with Crippen LogP contribution in [0.25, 0.3) is 0 Å². The molecular formula is C3H2Cl3F3O. The second-order valence-corrected chi connectivity index (χ2v) is 3.85. The summed E-state index contributed by atoms with van der Waals surface area (Å²) in [5.41, 5.74) is 0. The van der Waals surface area contributed by atoms with E-state index >= 15 is 0 Å². The maximum atomic E-state index is 11.4. The van der Waals surface area contributed by atoms with Crippen molar-refractivity contribution in [1.29, 1.82) is 0 Å². The molecule has 1 nitrogen and oxygen atoms in total. The molecule has 7 heteroatoms. The molecule has 1 N–H and O–H groups in total. The summed E-state index contributed by atoms with van der Waals surface area (Å²) in [5, 5.41) is 8.20. The predicted molar refractivity (Wildman–Crippen MR) is 32.4 cm³/mol. The van der Waals surface area contributed by atoms with E-state index in [2.05, 4.69) is 0 Å². The van der Waals surface area contributed by atoms with Crippen LogP contribution >= 0.6 is 34.8 Å². The highest BCUT2D eigenvalue weighted by atomic mass is 35.6. The van der Waals surface area contributed by atoms with Crippen molar-refractivity contribution in [3.8, 4) is 0 Å². The Morgan fingerprint density at radius 1 is 1.10 bits per heavy atom. The molecular weight excluding hydrogens is 215 g/mol.